The molecule has 0 amide bonds. The van der Waals surface area contributed by atoms with E-state index in [0.717, 1.165) is 0 Å². The van der Waals surface area contributed by atoms with E-state index >= 15 is 0 Å². The van der Waals surface area contributed by atoms with Crippen molar-refractivity contribution in [1.29, 1.82) is 0 Å². The van der Waals surface area contributed by atoms with Crippen molar-refractivity contribution in [3.63, 3.8) is 0 Å². The van der Waals surface area contributed by atoms with Crippen molar-refractivity contribution in [3.05, 3.63) is 60.7 Å². The van der Waals surface area contributed by atoms with E-state index in [1.54, 1.807) is 24.3 Å². The van der Waals surface area contributed by atoms with Crippen LogP contribution in [0.5, 0.6) is 5.75 Å². The first kappa shape index (κ1) is 16.9. The molecule has 0 bridgehead atoms. The molecular formula is C12H15B2LiO3. The van der Waals surface area contributed by atoms with Gasteiger partial charge in [-0.2, -0.15) is 0 Å². The molecule has 0 heterocycles. The minimum atomic E-state index is -1.73. The molecule has 88 valence electrons. The number of rotatable bonds is 2. The summed E-state index contributed by atoms with van der Waals surface area (Å²) >= 11 is 0. The summed E-state index contributed by atoms with van der Waals surface area (Å²) in [4.78, 5) is 0. The predicted octanol–water partition coefficient (Wildman–Crippen LogP) is -0.669. The second-order valence-electron chi connectivity index (χ2n) is 3.41. The molecule has 0 saturated heterocycles. The Kier molecular flexibility index (Phi) is 9.26. The first-order valence-electron chi connectivity index (χ1n) is 5.28. The summed E-state index contributed by atoms with van der Waals surface area (Å²) in [6, 6.07) is 18.8. The van der Waals surface area contributed by atoms with E-state index in [1.165, 1.54) is 5.46 Å². The maximum atomic E-state index is 8.34. The van der Waals surface area contributed by atoms with Gasteiger partial charge in [0.15, 0.2) is 0 Å². The van der Waals surface area contributed by atoms with E-state index in [0.29, 0.717) is 5.75 Å². The molecule has 3 nitrogen and oxygen atoms in total. The normalized spacial score (nSPS) is 8.33. The molecule has 0 aliphatic carbocycles. The molecule has 2 aromatic rings. The van der Waals surface area contributed by atoms with Crippen LogP contribution in [0.4, 0.5) is 0 Å². The van der Waals surface area contributed by atoms with Crippen molar-refractivity contribution < 1.29 is 14.7 Å². The second kappa shape index (κ2) is 9.87. The molecule has 2 aromatic carbocycles. The summed E-state index contributed by atoms with van der Waals surface area (Å²) < 4.78 is 4.53. The molecule has 0 atom stereocenters. The van der Waals surface area contributed by atoms with Crippen molar-refractivity contribution >= 4 is 39.5 Å². The average molecular weight is 236 g/mol. The van der Waals surface area contributed by atoms with Crippen LogP contribution in [-0.4, -0.2) is 44.1 Å². The zero-order valence-electron chi connectivity index (χ0n) is 9.65. The van der Waals surface area contributed by atoms with E-state index < -0.39 is 7.32 Å². The SMILES string of the molecule is Bc1ccccc1.OB(O)Oc1ccccc1.[LiH]. The number of para-hydroxylation sites is 1. The first-order valence-corrected chi connectivity index (χ1v) is 5.28. The van der Waals surface area contributed by atoms with E-state index in [4.69, 9.17) is 10.0 Å². The third kappa shape index (κ3) is 8.05. The Labute approximate surface area is 121 Å². The van der Waals surface area contributed by atoms with Gasteiger partial charge in [-0.25, -0.2) is 0 Å². The molecule has 0 aromatic heterocycles. The van der Waals surface area contributed by atoms with Gasteiger partial charge in [0.1, 0.15) is 13.6 Å². The van der Waals surface area contributed by atoms with Gasteiger partial charge in [0, 0.05) is 0 Å². The van der Waals surface area contributed by atoms with E-state index in [9.17, 15) is 0 Å². The Bertz CT molecular complexity index is 412. The predicted molar refractivity (Wildman–Crippen MR) is 79.0 cm³/mol. The van der Waals surface area contributed by atoms with Gasteiger partial charge in [0.05, 0.1) is 0 Å². The molecule has 6 heteroatoms. The Morgan fingerprint density at radius 2 is 1.28 bits per heavy atom. The molecule has 18 heavy (non-hydrogen) atoms. The van der Waals surface area contributed by atoms with Crippen LogP contribution in [0.15, 0.2) is 60.7 Å². The monoisotopic (exact) mass is 236 g/mol. The third-order valence-electron chi connectivity index (χ3n) is 1.93. The van der Waals surface area contributed by atoms with Crippen LogP contribution in [-0.2, 0) is 0 Å². The van der Waals surface area contributed by atoms with Crippen molar-refractivity contribution in [2.24, 2.45) is 0 Å². The zero-order chi connectivity index (χ0) is 12.5. The van der Waals surface area contributed by atoms with Gasteiger partial charge in [-0.1, -0.05) is 54.0 Å². The van der Waals surface area contributed by atoms with E-state index in [-0.39, 0.29) is 18.9 Å². The van der Waals surface area contributed by atoms with Gasteiger partial charge in [-0.05, 0) is 12.1 Å². The number of benzene rings is 2. The van der Waals surface area contributed by atoms with Gasteiger partial charge < -0.3 is 14.7 Å². The summed E-state index contributed by atoms with van der Waals surface area (Å²) in [7, 11) is 0.349. The van der Waals surface area contributed by atoms with Gasteiger partial charge in [0.25, 0.3) is 0 Å². The van der Waals surface area contributed by atoms with Crippen LogP contribution in [0.3, 0.4) is 0 Å². The van der Waals surface area contributed by atoms with Crippen molar-refractivity contribution in [2.45, 2.75) is 0 Å². The van der Waals surface area contributed by atoms with Gasteiger partial charge in [0.2, 0.25) is 0 Å². The first-order chi connectivity index (χ1) is 8.18. The Hall–Kier alpha value is -1.11. The fourth-order valence-electron chi connectivity index (χ4n) is 1.16. The van der Waals surface area contributed by atoms with Crippen LogP contribution in [0.25, 0.3) is 0 Å². The fourth-order valence-corrected chi connectivity index (χ4v) is 1.16. The van der Waals surface area contributed by atoms with Crippen LogP contribution in [0, 0.1) is 0 Å². The van der Waals surface area contributed by atoms with Crippen molar-refractivity contribution in [3.8, 4) is 5.75 Å². The fraction of sp³-hybridized carbons (Fsp3) is 0. The number of hydrogen-bond donors (Lipinski definition) is 2. The maximum absolute atomic E-state index is 8.34. The molecular weight excluding hydrogens is 221 g/mol. The summed E-state index contributed by atoms with van der Waals surface area (Å²) in [6.45, 7) is 0. The minimum absolute atomic E-state index is 0. The third-order valence-corrected chi connectivity index (χ3v) is 1.93. The summed E-state index contributed by atoms with van der Waals surface area (Å²) in [5.74, 6) is 0.442. The Morgan fingerprint density at radius 3 is 1.61 bits per heavy atom. The molecule has 2 rings (SSSR count). The van der Waals surface area contributed by atoms with E-state index in [2.05, 4.69) is 24.6 Å². The van der Waals surface area contributed by atoms with Gasteiger partial charge >= 0.3 is 26.2 Å². The Morgan fingerprint density at radius 1 is 0.833 bits per heavy atom. The standard InChI is InChI=1S/C6H7BO3.C6H7B.Li.H/c8-7(9)10-6-4-2-1-3-5-6;7-6-4-2-1-3-5-6;;/h1-5,8-9H;1-5H,7H2;;. The molecule has 2 N–H and O–H groups in total. The zero-order valence-corrected chi connectivity index (χ0v) is 9.65. The van der Waals surface area contributed by atoms with Crippen molar-refractivity contribution in [2.75, 3.05) is 0 Å². The number of hydrogen-bond acceptors (Lipinski definition) is 3. The molecule has 0 saturated carbocycles. The van der Waals surface area contributed by atoms with E-state index in [1.807, 2.05) is 24.3 Å². The topological polar surface area (TPSA) is 49.7 Å². The quantitative estimate of drug-likeness (QED) is 0.680. The molecule has 0 aliphatic heterocycles. The summed E-state index contributed by atoms with van der Waals surface area (Å²) in [5.41, 5.74) is 1.32. The summed E-state index contributed by atoms with van der Waals surface area (Å²) in [6.07, 6.45) is 0. The average Bonchev–Trinajstić information content (AvgIpc) is 2.31. The molecule has 0 unspecified atom stereocenters. The summed E-state index contributed by atoms with van der Waals surface area (Å²) in [5, 5.41) is 16.7. The molecule has 0 spiro atoms. The molecule has 0 radical (unpaired) electrons. The molecule has 0 fully saturated rings. The van der Waals surface area contributed by atoms with Gasteiger partial charge in [-0.15, -0.1) is 0 Å². The van der Waals surface area contributed by atoms with Crippen LogP contribution in [0.2, 0.25) is 0 Å². The van der Waals surface area contributed by atoms with Crippen LogP contribution in [0.1, 0.15) is 0 Å². The van der Waals surface area contributed by atoms with Crippen LogP contribution >= 0.6 is 0 Å². The molecule has 0 aliphatic rings. The van der Waals surface area contributed by atoms with Crippen molar-refractivity contribution in [1.82, 2.24) is 0 Å². The van der Waals surface area contributed by atoms with Crippen LogP contribution < -0.4 is 10.1 Å². The van der Waals surface area contributed by atoms with Gasteiger partial charge in [-0.3, -0.25) is 0 Å². The second-order valence-corrected chi connectivity index (χ2v) is 3.41. The Balaban J connectivity index is 0.000000321.